The number of nitrogens with one attached hydrogen (secondary N) is 1. The number of benzene rings is 1. The van der Waals surface area contributed by atoms with Crippen LogP contribution < -0.4 is 5.32 Å². The molecule has 2 aliphatic heterocycles. The molecule has 0 spiro atoms. The Hall–Kier alpha value is -2.16. The van der Waals surface area contributed by atoms with Crippen molar-refractivity contribution in [3.63, 3.8) is 0 Å². The molecule has 9 heteroatoms. The summed E-state index contributed by atoms with van der Waals surface area (Å²) >= 11 is 6.05. The van der Waals surface area contributed by atoms with Crippen molar-refractivity contribution in [1.82, 2.24) is 20.4 Å². The third-order valence-electron chi connectivity index (χ3n) is 5.53. The van der Waals surface area contributed by atoms with Gasteiger partial charge in [-0.3, -0.25) is 0 Å². The number of ether oxygens (including phenoxy) is 2. The number of likely N-dealkylation sites (tertiary alicyclic amines) is 1. The van der Waals surface area contributed by atoms with Gasteiger partial charge in [0.15, 0.2) is 5.96 Å². The first-order valence-corrected chi connectivity index (χ1v) is 11.4. The molecule has 1 aromatic carbocycles. The van der Waals surface area contributed by atoms with Crippen molar-refractivity contribution in [3.8, 4) is 11.4 Å². The molecule has 31 heavy (non-hydrogen) atoms. The first-order valence-electron chi connectivity index (χ1n) is 11.1. The molecule has 0 aliphatic carbocycles. The number of nitrogens with zero attached hydrogens (tertiary/aromatic N) is 4. The van der Waals surface area contributed by atoms with Gasteiger partial charge < -0.3 is 24.2 Å². The molecule has 8 nitrogen and oxygen atoms in total. The van der Waals surface area contributed by atoms with Crippen LogP contribution in [0.1, 0.15) is 38.5 Å². The van der Waals surface area contributed by atoms with Gasteiger partial charge in [0.05, 0.1) is 18.8 Å². The molecule has 0 saturated carbocycles. The molecule has 4 rings (SSSR count). The van der Waals surface area contributed by atoms with Crippen molar-refractivity contribution in [1.29, 1.82) is 0 Å². The molecular formula is C22H30ClN5O3. The van der Waals surface area contributed by atoms with Gasteiger partial charge in [0.2, 0.25) is 11.7 Å². The van der Waals surface area contributed by atoms with Gasteiger partial charge in [-0.25, -0.2) is 4.99 Å². The highest BCUT2D eigenvalue weighted by atomic mass is 35.5. The number of hydrogen-bond acceptors (Lipinski definition) is 6. The molecular weight excluding hydrogens is 418 g/mol. The van der Waals surface area contributed by atoms with Gasteiger partial charge in [-0.05, 0) is 44.7 Å². The van der Waals surface area contributed by atoms with Crippen LogP contribution in [0.25, 0.3) is 11.4 Å². The highest BCUT2D eigenvalue weighted by Crippen LogP contribution is 2.21. The standard InChI is InChI=1S/C22H30ClN5O3/c1-2-24-22(28-10-8-18(9-11-28)30-15-19-7-4-12-29-19)25-14-20-26-21(27-31-20)16-5-3-6-17(23)13-16/h3,5-6,13,18-19H,2,4,7-12,14-15H2,1H3,(H,24,25). The normalized spacial score (nSPS) is 20.4. The molecule has 0 radical (unpaired) electrons. The number of guanidine groups is 1. The molecule has 1 unspecified atom stereocenters. The van der Waals surface area contributed by atoms with Crippen LogP contribution in [0.15, 0.2) is 33.8 Å². The summed E-state index contributed by atoms with van der Waals surface area (Å²) in [4.78, 5) is 11.4. The van der Waals surface area contributed by atoms with E-state index in [1.165, 1.54) is 0 Å². The van der Waals surface area contributed by atoms with E-state index in [9.17, 15) is 0 Å². The minimum atomic E-state index is 0.281. The van der Waals surface area contributed by atoms with Crippen molar-refractivity contribution in [2.45, 2.75) is 51.4 Å². The molecule has 0 bridgehead atoms. The molecule has 2 saturated heterocycles. The molecule has 1 N–H and O–H groups in total. The van der Waals surface area contributed by atoms with Crippen LogP contribution in [0, 0.1) is 0 Å². The van der Waals surface area contributed by atoms with Crippen molar-refractivity contribution in [3.05, 3.63) is 35.2 Å². The van der Waals surface area contributed by atoms with Gasteiger partial charge in [0.25, 0.3) is 0 Å². The lowest BCUT2D eigenvalue weighted by Gasteiger charge is -2.34. The summed E-state index contributed by atoms with van der Waals surface area (Å²) in [6.07, 6.45) is 4.80. The molecule has 2 aromatic rings. The summed E-state index contributed by atoms with van der Waals surface area (Å²) in [6, 6.07) is 7.40. The van der Waals surface area contributed by atoms with Crippen LogP contribution in [-0.4, -0.2) is 66.1 Å². The Morgan fingerprint density at radius 2 is 2.19 bits per heavy atom. The lowest BCUT2D eigenvalue weighted by Crippen LogP contribution is -2.47. The average Bonchev–Trinajstić information content (AvgIpc) is 3.48. The Labute approximate surface area is 188 Å². The first kappa shape index (κ1) is 22.0. The van der Waals surface area contributed by atoms with Crippen LogP contribution in [-0.2, 0) is 16.0 Å². The van der Waals surface area contributed by atoms with E-state index < -0.39 is 0 Å². The van der Waals surface area contributed by atoms with Crippen molar-refractivity contribution >= 4 is 17.6 Å². The molecule has 0 amide bonds. The summed E-state index contributed by atoms with van der Waals surface area (Å²) in [5.74, 6) is 1.85. The summed E-state index contributed by atoms with van der Waals surface area (Å²) in [5, 5.41) is 8.06. The second-order valence-corrected chi connectivity index (χ2v) is 8.28. The highest BCUT2D eigenvalue weighted by molar-refractivity contribution is 6.30. The Kier molecular flexibility index (Phi) is 7.77. The maximum atomic E-state index is 6.08. The van der Waals surface area contributed by atoms with Gasteiger partial charge >= 0.3 is 0 Å². The van der Waals surface area contributed by atoms with E-state index in [4.69, 9.17) is 30.6 Å². The average molecular weight is 448 g/mol. The number of hydrogen-bond donors (Lipinski definition) is 1. The fraction of sp³-hybridized carbons (Fsp3) is 0.591. The van der Waals surface area contributed by atoms with Gasteiger partial charge in [-0.1, -0.05) is 28.9 Å². The predicted molar refractivity (Wildman–Crippen MR) is 119 cm³/mol. The smallest absolute Gasteiger partial charge is 0.248 e. The SMILES string of the molecule is CCNC(=NCc1nc(-c2cccc(Cl)c2)no1)N1CCC(OCC2CCCO2)CC1. The van der Waals surface area contributed by atoms with E-state index in [2.05, 4.69) is 27.3 Å². The second-order valence-electron chi connectivity index (χ2n) is 7.85. The van der Waals surface area contributed by atoms with E-state index in [0.717, 1.165) is 63.4 Å². The number of piperidine rings is 1. The highest BCUT2D eigenvalue weighted by Gasteiger charge is 2.24. The molecule has 1 aromatic heterocycles. The van der Waals surface area contributed by atoms with E-state index in [1.54, 1.807) is 0 Å². The monoisotopic (exact) mass is 447 g/mol. The summed E-state index contributed by atoms with van der Waals surface area (Å²) in [6.45, 7) is 6.58. The zero-order chi connectivity index (χ0) is 21.5. The Balaban J connectivity index is 1.30. The second kappa shape index (κ2) is 10.9. The molecule has 2 aliphatic rings. The molecule has 2 fully saturated rings. The molecule has 168 valence electrons. The largest absolute Gasteiger partial charge is 0.376 e. The third kappa shape index (κ3) is 6.18. The summed E-state index contributed by atoms with van der Waals surface area (Å²) < 4.78 is 17.1. The van der Waals surface area contributed by atoms with E-state index in [0.29, 0.717) is 36.0 Å². The number of aliphatic imine (C=N–C) groups is 1. The Bertz CT molecular complexity index is 860. The number of halogens is 1. The van der Waals surface area contributed by atoms with E-state index in [1.807, 2.05) is 24.3 Å². The van der Waals surface area contributed by atoms with Gasteiger partial charge in [-0.15, -0.1) is 0 Å². The Morgan fingerprint density at radius 3 is 2.94 bits per heavy atom. The molecule has 1 atom stereocenters. The summed E-state index contributed by atoms with van der Waals surface area (Å²) in [7, 11) is 0. The lowest BCUT2D eigenvalue weighted by molar-refractivity contribution is -0.0367. The van der Waals surface area contributed by atoms with Crippen LogP contribution in [0.5, 0.6) is 0 Å². The maximum Gasteiger partial charge on any atom is 0.248 e. The minimum absolute atomic E-state index is 0.281. The summed E-state index contributed by atoms with van der Waals surface area (Å²) in [5.41, 5.74) is 0.823. The van der Waals surface area contributed by atoms with E-state index >= 15 is 0 Å². The zero-order valence-corrected chi connectivity index (χ0v) is 18.7. The van der Waals surface area contributed by atoms with Crippen molar-refractivity contribution in [2.24, 2.45) is 4.99 Å². The fourth-order valence-electron chi connectivity index (χ4n) is 3.89. The van der Waals surface area contributed by atoms with Crippen LogP contribution in [0.3, 0.4) is 0 Å². The predicted octanol–water partition coefficient (Wildman–Crippen LogP) is 3.52. The fourth-order valence-corrected chi connectivity index (χ4v) is 4.08. The van der Waals surface area contributed by atoms with Crippen LogP contribution >= 0.6 is 11.6 Å². The lowest BCUT2D eigenvalue weighted by atomic mass is 10.1. The number of aromatic nitrogens is 2. The van der Waals surface area contributed by atoms with Crippen LogP contribution in [0.2, 0.25) is 5.02 Å². The third-order valence-corrected chi connectivity index (χ3v) is 5.77. The van der Waals surface area contributed by atoms with Crippen molar-refractivity contribution in [2.75, 3.05) is 32.8 Å². The Morgan fingerprint density at radius 1 is 1.32 bits per heavy atom. The zero-order valence-electron chi connectivity index (χ0n) is 17.9. The topological polar surface area (TPSA) is 85.0 Å². The van der Waals surface area contributed by atoms with Gasteiger partial charge in [-0.2, -0.15) is 4.98 Å². The van der Waals surface area contributed by atoms with E-state index in [-0.39, 0.29) is 6.10 Å². The minimum Gasteiger partial charge on any atom is -0.376 e. The first-order chi connectivity index (χ1) is 15.2. The quantitative estimate of drug-likeness (QED) is 0.513. The number of rotatable bonds is 7. The van der Waals surface area contributed by atoms with Crippen LogP contribution in [0.4, 0.5) is 0 Å². The van der Waals surface area contributed by atoms with Gasteiger partial charge in [0, 0.05) is 36.8 Å². The maximum absolute atomic E-state index is 6.08. The molecule has 3 heterocycles. The van der Waals surface area contributed by atoms with Gasteiger partial charge in [0.1, 0.15) is 6.54 Å². The van der Waals surface area contributed by atoms with Crippen molar-refractivity contribution < 1.29 is 14.0 Å².